The summed E-state index contributed by atoms with van der Waals surface area (Å²) < 4.78 is 22.7. The SMILES string of the molecule is CC(C)CN(C(=O)CO)C1CCS([O-])([O-])C1. The summed E-state index contributed by atoms with van der Waals surface area (Å²) in [6.45, 7) is 3.87. The van der Waals surface area contributed by atoms with E-state index in [0.717, 1.165) is 0 Å². The summed E-state index contributed by atoms with van der Waals surface area (Å²) in [6.07, 6.45) is 0.487. The van der Waals surface area contributed by atoms with Crippen molar-refractivity contribution < 1.29 is 19.0 Å². The molecule has 0 aromatic rings. The Balaban J connectivity index is 2.66. The summed E-state index contributed by atoms with van der Waals surface area (Å²) in [5.41, 5.74) is 0. The Morgan fingerprint density at radius 3 is 2.56 bits per heavy atom. The van der Waals surface area contributed by atoms with E-state index in [1.54, 1.807) is 0 Å². The van der Waals surface area contributed by atoms with Crippen LogP contribution in [0.5, 0.6) is 0 Å². The molecule has 16 heavy (non-hydrogen) atoms. The average Bonchev–Trinajstić information content (AvgIpc) is 2.53. The lowest BCUT2D eigenvalue weighted by Crippen LogP contribution is -2.44. The number of aliphatic hydroxyl groups excluding tert-OH is 1. The van der Waals surface area contributed by atoms with Gasteiger partial charge in [0.05, 0.1) is 0 Å². The monoisotopic (exact) mass is 249 g/mol. The highest BCUT2D eigenvalue weighted by Crippen LogP contribution is 2.46. The zero-order chi connectivity index (χ0) is 12.3. The fraction of sp³-hybridized carbons (Fsp3) is 0.900. The molecule has 96 valence electrons. The number of rotatable bonds is 4. The van der Waals surface area contributed by atoms with Gasteiger partial charge in [0.2, 0.25) is 5.91 Å². The van der Waals surface area contributed by atoms with Crippen LogP contribution in [0.2, 0.25) is 0 Å². The number of carbonyl (C=O) groups excluding carboxylic acids is 1. The minimum Gasteiger partial charge on any atom is -0.800 e. The van der Waals surface area contributed by atoms with Crippen molar-refractivity contribution in [3.8, 4) is 0 Å². The van der Waals surface area contributed by atoms with Crippen molar-refractivity contribution in [3.05, 3.63) is 0 Å². The molecule has 1 heterocycles. The molecular weight excluding hydrogens is 230 g/mol. The molecule has 1 rings (SSSR count). The molecule has 1 atom stereocenters. The molecule has 0 radical (unpaired) electrons. The van der Waals surface area contributed by atoms with Gasteiger partial charge in [0.25, 0.3) is 0 Å². The van der Waals surface area contributed by atoms with Crippen molar-refractivity contribution in [2.24, 2.45) is 5.92 Å². The summed E-state index contributed by atoms with van der Waals surface area (Å²) in [5.74, 6) is 0.0609. The smallest absolute Gasteiger partial charge is 0.248 e. The van der Waals surface area contributed by atoms with Gasteiger partial charge in [0.15, 0.2) is 0 Å². The van der Waals surface area contributed by atoms with Crippen LogP contribution in [0, 0.1) is 5.92 Å². The predicted octanol–water partition coefficient (Wildman–Crippen LogP) is 0.301. The van der Waals surface area contributed by atoms with E-state index < -0.39 is 17.2 Å². The molecule has 0 spiro atoms. The number of hydrogen-bond acceptors (Lipinski definition) is 4. The Kier molecular flexibility index (Phi) is 4.61. The normalized spacial score (nSPS) is 25.8. The van der Waals surface area contributed by atoms with Crippen molar-refractivity contribution in [3.63, 3.8) is 0 Å². The van der Waals surface area contributed by atoms with Crippen LogP contribution >= 0.6 is 10.6 Å². The lowest BCUT2D eigenvalue weighted by atomic mass is 10.1. The van der Waals surface area contributed by atoms with Gasteiger partial charge in [0, 0.05) is 12.6 Å². The molecule has 1 aliphatic heterocycles. The van der Waals surface area contributed by atoms with Crippen LogP contribution in [0.15, 0.2) is 0 Å². The van der Waals surface area contributed by atoms with Gasteiger partial charge >= 0.3 is 0 Å². The Labute approximate surface area is 97.8 Å². The molecule has 0 aromatic heterocycles. The molecule has 0 saturated carbocycles. The van der Waals surface area contributed by atoms with E-state index in [4.69, 9.17) is 5.11 Å². The van der Waals surface area contributed by atoms with E-state index in [1.807, 2.05) is 13.8 Å². The Bertz CT molecular complexity index is 257. The Morgan fingerprint density at radius 2 is 2.19 bits per heavy atom. The van der Waals surface area contributed by atoms with Gasteiger partial charge in [-0.15, -0.1) is 0 Å². The van der Waals surface area contributed by atoms with Gasteiger partial charge in [-0.3, -0.25) is 4.79 Å². The Hall–Kier alpha value is -0.300. The molecule has 5 nitrogen and oxygen atoms in total. The highest BCUT2D eigenvalue weighted by atomic mass is 32.3. The summed E-state index contributed by atoms with van der Waals surface area (Å²) in [7, 11) is -2.99. The van der Waals surface area contributed by atoms with Crippen molar-refractivity contribution in [2.45, 2.75) is 26.3 Å². The molecule has 1 aliphatic rings. The number of hydrogen-bond donors (Lipinski definition) is 1. The van der Waals surface area contributed by atoms with Crippen molar-refractivity contribution in [1.82, 2.24) is 4.90 Å². The number of sulfone groups is 1. The first-order valence-electron chi connectivity index (χ1n) is 5.46. The summed E-state index contributed by atoms with van der Waals surface area (Å²) in [6, 6.07) is -0.257. The quantitative estimate of drug-likeness (QED) is 0.776. The van der Waals surface area contributed by atoms with Gasteiger partial charge in [0.1, 0.15) is 6.61 Å². The molecule has 1 unspecified atom stereocenters. The fourth-order valence-corrected chi connectivity index (χ4v) is 3.69. The largest absolute Gasteiger partial charge is 0.800 e. The topological polar surface area (TPSA) is 86.7 Å². The first kappa shape index (κ1) is 13.8. The Morgan fingerprint density at radius 1 is 1.56 bits per heavy atom. The van der Waals surface area contributed by atoms with Crippen molar-refractivity contribution in [1.29, 1.82) is 0 Å². The minimum atomic E-state index is -2.99. The van der Waals surface area contributed by atoms with E-state index in [2.05, 4.69) is 0 Å². The van der Waals surface area contributed by atoms with Crippen LogP contribution in [0.4, 0.5) is 0 Å². The standard InChI is InChI=1S/C10H21NO4S/c1-8(2)5-11(10(13)6-12)9-3-4-16(14,15)7-9/h8-9,12,14-15H,3-7H2,1-2H3/p-2. The van der Waals surface area contributed by atoms with Gasteiger partial charge < -0.3 is 29.7 Å². The number of carbonyl (C=O) groups is 1. The van der Waals surface area contributed by atoms with Gasteiger partial charge in [-0.25, -0.2) is 0 Å². The third-order valence-electron chi connectivity index (χ3n) is 2.67. The molecule has 1 N–H and O–H groups in total. The molecule has 0 aromatic carbocycles. The molecule has 0 aliphatic carbocycles. The molecule has 0 bridgehead atoms. The molecular formula is C10H19NO4S-2. The van der Waals surface area contributed by atoms with E-state index in [-0.39, 0.29) is 29.4 Å². The van der Waals surface area contributed by atoms with Crippen LogP contribution < -0.4 is 0 Å². The third-order valence-corrected chi connectivity index (χ3v) is 4.42. The zero-order valence-electron chi connectivity index (χ0n) is 9.72. The van der Waals surface area contributed by atoms with Crippen LogP contribution in [0.3, 0.4) is 0 Å². The highest BCUT2D eigenvalue weighted by Gasteiger charge is 2.28. The minimum absolute atomic E-state index is 0.0332. The summed E-state index contributed by atoms with van der Waals surface area (Å²) in [5, 5.41) is 8.87. The second kappa shape index (κ2) is 5.35. The third kappa shape index (κ3) is 3.62. The lowest BCUT2D eigenvalue weighted by Gasteiger charge is -2.57. The number of nitrogens with zero attached hydrogens (tertiary/aromatic N) is 1. The van der Waals surface area contributed by atoms with Crippen molar-refractivity contribution >= 4 is 16.5 Å². The van der Waals surface area contributed by atoms with Crippen LogP contribution in [-0.2, 0) is 4.79 Å². The first-order chi connectivity index (χ1) is 7.35. The first-order valence-corrected chi connectivity index (χ1v) is 7.28. The maximum absolute atomic E-state index is 11.5. The van der Waals surface area contributed by atoms with Crippen LogP contribution in [0.1, 0.15) is 20.3 Å². The summed E-state index contributed by atoms with van der Waals surface area (Å²) in [4.78, 5) is 13.0. The molecule has 1 saturated heterocycles. The number of aliphatic hydroxyl groups is 1. The highest BCUT2D eigenvalue weighted by molar-refractivity contribution is 8.24. The average molecular weight is 249 g/mol. The van der Waals surface area contributed by atoms with E-state index in [1.165, 1.54) is 4.90 Å². The van der Waals surface area contributed by atoms with E-state index in [0.29, 0.717) is 13.0 Å². The van der Waals surface area contributed by atoms with Gasteiger partial charge in [-0.05, 0) is 23.8 Å². The predicted molar refractivity (Wildman–Crippen MR) is 60.9 cm³/mol. The van der Waals surface area contributed by atoms with Crippen LogP contribution in [-0.4, -0.2) is 55.7 Å². The maximum atomic E-state index is 11.5. The van der Waals surface area contributed by atoms with Crippen LogP contribution in [0.25, 0.3) is 0 Å². The second-order valence-corrected chi connectivity index (χ2v) is 6.88. The van der Waals surface area contributed by atoms with E-state index in [9.17, 15) is 13.9 Å². The molecule has 1 fully saturated rings. The second-order valence-electron chi connectivity index (χ2n) is 4.65. The maximum Gasteiger partial charge on any atom is 0.248 e. The van der Waals surface area contributed by atoms with E-state index >= 15 is 0 Å². The zero-order valence-corrected chi connectivity index (χ0v) is 10.5. The summed E-state index contributed by atoms with van der Waals surface area (Å²) >= 11 is 0. The van der Waals surface area contributed by atoms with Gasteiger partial charge in [-0.1, -0.05) is 13.8 Å². The number of amides is 1. The molecule has 1 amide bonds. The molecule has 6 heteroatoms. The van der Waals surface area contributed by atoms with Gasteiger partial charge in [-0.2, -0.15) is 0 Å². The lowest BCUT2D eigenvalue weighted by molar-refractivity contribution is -0.136. The van der Waals surface area contributed by atoms with Crippen molar-refractivity contribution in [2.75, 3.05) is 24.7 Å². The fourth-order valence-electron chi connectivity index (χ4n) is 1.96.